The molecule has 2 unspecified atom stereocenters. The van der Waals surface area contributed by atoms with Crippen LogP contribution in [0.2, 0.25) is 0 Å². The Bertz CT molecular complexity index is 253. The lowest BCUT2D eigenvalue weighted by Gasteiger charge is -2.39. The lowest BCUT2D eigenvalue weighted by molar-refractivity contribution is -0.108. The Kier molecular flexibility index (Phi) is 2.59. The summed E-state index contributed by atoms with van der Waals surface area (Å²) in [7, 11) is 0. The molecule has 3 heteroatoms. The van der Waals surface area contributed by atoms with Gasteiger partial charge in [-0.15, -0.1) is 0 Å². The fraction of sp³-hybridized carbons (Fsp3) is 0.700. The standard InChI is InChI=1S/C10H16O3/c1-6-4-8(12)9(13)10(2,3)7(6)5-11/h5,8-9,12-13H,4H2,1-3H3. The molecule has 0 heterocycles. The highest BCUT2D eigenvalue weighted by Gasteiger charge is 2.41. The summed E-state index contributed by atoms with van der Waals surface area (Å²) in [5, 5.41) is 19.2. The smallest absolute Gasteiger partial charge is 0.146 e. The van der Waals surface area contributed by atoms with Crippen LogP contribution in [0.1, 0.15) is 27.2 Å². The molecular formula is C10H16O3. The minimum atomic E-state index is -0.851. The van der Waals surface area contributed by atoms with Gasteiger partial charge in [-0.1, -0.05) is 19.4 Å². The van der Waals surface area contributed by atoms with Gasteiger partial charge in [0.1, 0.15) is 6.29 Å². The first-order valence-electron chi connectivity index (χ1n) is 4.42. The van der Waals surface area contributed by atoms with Crippen molar-refractivity contribution in [3.05, 3.63) is 11.1 Å². The maximum atomic E-state index is 10.8. The van der Waals surface area contributed by atoms with Gasteiger partial charge >= 0.3 is 0 Å². The van der Waals surface area contributed by atoms with E-state index in [4.69, 9.17) is 0 Å². The molecule has 0 fully saturated rings. The molecule has 1 rings (SSSR count). The molecule has 2 atom stereocenters. The van der Waals surface area contributed by atoms with Crippen LogP contribution >= 0.6 is 0 Å². The van der Waals surface area contributed by atoms with Gasteiger partial charge in [0.05, 0.1) is 12.2 Å². The second kappa shape index (κ2) is 3.24. The quantitative estimate of drug-likeness (QED) is 0.588. The van der Waals surface area contributed by atoms with Crippen LogP contribution < -0.4 is 0 Å². The van der Waals surface area contributed by atoms with Gasteiger partial charge < -0.3 is 10.2 Å². The highest BCUT2D eigenvalue weighted by atomic mass is 16.3. The molecule has 1 aliphatic rings. The Balaban J connectivity index is 3.15. The zero-order valence-electron chi connectivity index (χ0n) is 8.24. The van der Waals surface area contributed by atoms with Crippen molar-refractivity contribution in [2.24, 2.45) is 5.41 Å². The van der Waals surface area contributed by atoms with E-state index in [0.29, 0.717) is 12.0 Å². The van der Waals surface area contributed by atoms with E-state index in [2.05, 4.69) is 0 Å². The van der Waals surface area contributed by atoms with Gasteiger partial charge in [0.2, 0.25) is 0 Å². The van der Waals surface area contributed by atoms with E-state index in [1.165, 1.54) is 0 Å². The van der Waals surface area contributed by atoms with Crippen molar-refractivity contribution >= 4 is 6.29 Å². The number of hydrogen-bond acceptors (Lipinski definition) is 3. The molecule has 0 aliphatic heterocycles. The van der Waals surface area contributed by atoms with Crippen molar-refractivity contribution in [2.45, 2.75) is 39.4 Å². The fourth-order valence-corrected chi connectivity index (χ4v) is 1.98. The zero-order valence-corrected chi connectivity index (χ0v) is 8.24. The largest absolute Gasteiger partial charge is 0.390 e. The first-order chi connectivity index (χ1) is 5.91. The maximum Gasteiger partial charge on any atom is 0.146 e. The van der Waals surface area contributed by atoms with Gasteiger partial charge in [-0.25, -0.2) is 0 Å². The summed E-state index contributed by atoms with van der Waals surface area (Å²) in [5.41, 5.74) is 0.854. The van der Waals surface area contributed by atoms with Gasteiger partial charge in [-0.3, -0.25) is 4.79 Å². The van der Waals surface area contributed by atoms with Gasteiger partial charge in [0, 0.05) is 5.41 Å². The summed E-state index contributed by atoms with van der Waals surface area (Å²) >= 11 is 0. The van der Waals surface area contributed by atoms with Crippen molar-refractivity contribution < 1.29 is 15.0 Å². The Morgan fingerprint density at radius 2 is 2.00 bits per heavy atom. The van der Waals surface area contributed by atoms with Gasteiger partial charge in [0.25, 0.3) is 0 Å². The average molecular weight is 184 g/mol. The van der Waals surface area contributed by atoms with E-state index in [1.807, 2.05) is 6.92 Å². The summed E-state index contributed by atoms with van der Waals surface area (Å²) < 4.78 is 0. The SMILES string of the molecule is CC1=C(C=O)C(C)(C)C(O)C(O)C1. The Morgan fingerprint density at radius 1 is 1.46 bits per heavy atom. The number of hydrogen-bond donors (Lipinski definition) is 2. The van der Waals surface area contributed by atoms with Crippen molar-refractivity contribution in [1.82, 2.24) is 0 Å². The Morgan fingerprint density at radius 3 is 2.46 bits per heavy atom. The van der Waals surface area contributed by atoms with E-state index in [9.17, 15) is 15.0 Å². The monoisotopic (exact) mass is 184 g/mol. The van der Waals surface area contributed by atoms with E-state index < -0.39 is 17.6 Å². The normalized spacial score (nSPS) is 33.3. The summed E-state index contributed by atoms with van der Waals surface area (Å²) in [6.45, 7) is 5.36. The molecule has 0 amide bonds. The van der Waals surface area contributed by atoms with Gasteiger partial charge in [-0.05, 0) is 18.9 Å². The van der Waals surface area contributed by atoms with Gasteiger partial charge in [-0.2, -0.15) is 0 Å². The molecule has 74 valence electrons. The highest BCUT2D eigenvalue weighted by Crippen LogP contribution is 2.39. The minimum absolute atomic E-state index is 0.388. The third-order valence-electron chi connectivity index (χ3n) is 2.89. The molecule has 0 radical (unpaired) electrons. The van der Waals surface area contributed by atoms with E-state index >= 15 is 0 Å². The topological polar surface area (TPSA) is 57.5 Å². The van der Waals surface area contributed by atoms with Crippen LogP contribution in [0.5, 0.6) is 0 Å². The minimum Gasteiger partial charge on any atom is -0.390 e. The lowest BCUT2D eigenvalue weighted by atomic mass is 9.70. The maximum absolute atomic E-state index is 10.8. The summed E-state index contributed by atoms with van der Waals surface area (Å²) in [5.74, 6) is 0. The molecule has 3 nitrogen and oxygen atoms in total. The molecule has 13 heavy (non-hydrogen) atoms. The molecule has 0 saturated heterocycles. The fourth-order valence-electron chi connectivity index (χ4n) is 1.98. The first kappa shape index (κ1) is 10.4. The van der Waals surface area contributed by atoms with Crippen molar-refractivity contribution in [3.63, 3.8) is 0 Å². The molecule has 0 bridgehead atoms. The average Bonchev–Trinajstić information content (AvgIpc) is 2.01. The third kappa shape index (κ3) is 1.54. The summed E-state index contributed by atoms with van der Waals surface area (Å²) in [6.07, 6.45) is -0.432. The van der Waals surface area contributed by atoms with Crippen LogP contribution in [0.25, 0.3) is 0 Å². The Hall–Kier alpha value is -0.670. The van der Waals surface area contributed by atoms with Crippen molar-refractivity contribution in [2.75, 3.05) is 0 Å². The molecule has 1 aliphatic carbocycles. The highest BCUT2D eigenvalue weighted by molar-refractivity contribution is 5.77. The van der Waals surface area contributed by atoms with Crippen LogP contribution in [-0.2, 0) is 4.79 Å². The van der Waals surface area contributed by atoms with Crippen molar-refractivity contribution in [1.29, 1.82) is 0 Å². The number of aldehydes is 1. The third-order valence-corrected chi connectivity index (χ3v) is 2.89. The molecular weight excluding hydrogens is 168 g/mol. The first-order valence-corrected chi connectivity index (χ1v) is 4.42. The molecule has 0 saturated carbocycles. The molecule has 0 aromatic rings. The number of carbonyl (C=O) groups is 1. The van der Waals surface area contributed by atoms with Crippen LogP contribution in [0.3, 0.4) is 0 Å². The molecule has 0 aromatic heterocycles. The van der Waals surface area contributed by atoms with Crippen LogP contribution in [0, 0.1) is 5.41 Å². The van der Waals surface area contributed by atoms with Crippen LogP contribution in [-0.4, -0.2) is 28.7 Å². The molecule has 2 N–H and O–H groups in total. The van der Waals surface area contributed by atoms with E-state index in [-0.39, 0.29) is 0 Å². The number of rotatable bonds is 1. The lowest BCUT2D eigenvalue weighted by Crippen LogP contribution is -2.45. The predicted octanol–water partition coefficient (Wildman–Crippen LogP) is 0.653. The number of aliphatic hydroxyl groups excluding tert-OH is 2. The van der Waals surface area contributed by atoms with Gasteiger partial charge in [0.15, 0.2) is 0 Å². The van der Waals surface area contributed by atoms with E-state index in [0.717, 1.165) is 11.9 Å². The second-order valence-electron chi connectivity index (χ2n) is 4.25. The Labute approximate surface area is 78.1 Å². The summed E-state index contributed by atoms with van der Waals surface area (Å²) in [6, 6.07) is 0. The van der Waals surface area contributed by atoms with Crippen LogP contribution in [0.4, 0.5) is 0 Å². The zero-order chi connectivity index (χ0) is 10.2. The summed E-state index contributed by atoms with van der Waals surface area (Å²) in [4.78, 5) is 10.8. The predicted molar refractivity (Wildman–Crippen MR) is 49.2 cm³/mol. The number of carbonyl (C=O) groups excluding carboxylic acids is 1. The molecule has 0 aromatic carbocycles. The molecule has 0 spiro atoms. The number of aliphatic hydroxyl groups is 2. The van der Waals surface area contributed by atoms with Crippen molar-refractivity contribution in [3.8, 4) is 0 Å². The van der Waals surface area contributed by atoms with E-state index in [1.54, 1.807) is 13.8 Å². The second-order valence-corrected chi connectivity index (χ2v) is 4.25. The van der Waals surface area contributed by atoms with Crippen LogP contribution in [0.15, 0.2) is 11.1 Å².